The van der Waals surface area contributed by atoms with Gasteiger partial charge in [-0.3, -0.25) is 14.5 Å². The summed E-state index contributed by atoms with van der Waals surface area (Å²) in [7, 11) is 0. The Balaban J connectivity index is 2.24. The lowest BCUT2D eigenvalue weighted by Gasteiger charge is -2.25. The van der Waals surface area contributed by atoms with Crippen LogP contribution in [0.1, 0.15) is 18.4 Å². The van der Waals surface area contributed by atoms with E-state index >= 15 is 0 Å². The molecule has 4 nitrogen and oxygen atoms in total. The van der Waals surface area contributed by atoms with E-state index < -0.39 is 0 Å². The third-order valence-corrected chi connectivity index (χ3v) is 2.44. The van der Waals surface area contributed by atoms with E-state index in [9.17, 15) is 9.59 Å². The highest BCUT2D eigenvalue weighted by molar-refractivity contribution is 6.08. The van der Waals surface area contributed by atoms with Crippen LogP contribution in [-0.4, -0.2) is 23.2 Å². The van der Waals surface area contributed by atoms with E-state index in [-0.39, 0.29) is 18.1 Å². The molecule has 0 spiro atoms. The first-order valence-electron chi connectivity index (χ1n) is 4.91. The van der Waals surface area contributed by atoms with Gasteiger partial charge in [0.25, 0.3) is 0 Å². The summed E-state index contributed by atoms with van der Waals surface area (Å²) >= 11 is 0. The Hall–Kier alpha value is -1.71. The smallest absolute Gasteiger partial charge is 0.235 e. The third-order valence-electron chi connectivity index (χ3n) is 2.44. The second-order valence-corrected chi connectivity index (χ2v) is 3.70. The van der Waals surface area contributed by atoms with Gasteiger partial charge in [0.2, 0.25) is 5.91 Å². The van der Waals surface area contributed by atoms with Crippen LogP contribution in [0.4, 0.5) is 5.82 Å². The van der Waals surface area contributed by atoms with Gasteiger partial charge in [0, 0.05) is 19.2 Å². The molecule has 0 saturated carbocycles. The van der Waals surface area contributed by atoms with E-state index in [1.807, 2.05) is 19.1 Å². The zero-order valence-electron chi connectivity index (χ0n) is 8.56. The third kappa shape index (κ3) is 2.03. The minimum Gasteiger partial charge on any atom is -0.299 e. The summed E-state index contributed by atoms with van der Waals surface area (Å²) in [6.07, 6.45) is 2.12. The summed E-state index contributed by atoms with van der Waals surface area (Å²) in [6.45, 7) is 2.40. The molecular weight excluding hydrogens is 192 g/mol. The van der Waals surface area contributed by atoms with Crippen molar-refractivity contribution in [3.8, 4) is 0 Å². The van der Waals surface area contributed by atoms with E-state index in [2.05, 4.69) is 4.98 Å². The number of amides is 1. The maximum Gasteiger partial charge on any atom is 0.235 e. The summed E-state index contributed by atoms with van der Waals surface area (Å²) in [5.41, 5.74) is 1.06. The normalized spacial score (nSPS) is 17.0. The lowest BCUT2D eigenvalue weighted by molar-refractivity contribution is -0.128. The number of hydrogen-bond acceptors (Lipinski definition) is 3. The molecular formula is C11H12N2O2. The van der Waals surface area contributed by atoms with Crippen molar-refractivity contribution in [2.45, 2.75) is 19.8 Å². The summed E-state index contributed by atoms with van der Waals surface area (Å²) in [5, 5.41) is 0. The van der Waals surface area contributed by atoms with Gasteiger partial charge in [-0.2, -0.15) is 0 Å². The largest absolute Gasteiger partial charge is 0.299 e. The van der Waals surface area contributed by atoms with Gasteiger partial charge in [0.15, 0.2) is 0 Å². The molecule has 0 atom stereocenters. The van der Waals surface area contributed by atoms with Gasteiger partial charge < -0.3 is 0 Å². The van der Waals surface area contributed by atoms with Crippen molar-refractivity contribution in [1.29, 1.82) is 0 Å². The molecule has 1 aliphatic rings. The topological polar surface area (TPSA) is 50.3 Å². The quantitative estimate of drug-likeness (QED) is 0.643. The molecule has 0 bridgehead atoms. The second kappa shape index (κ2) is 3.81. The number of carbonyl (C=O) groups is 2. The summed E-state index contributed by atoms with van der Waals surface area (Å²) < 4.78 is 0. The number of pyridine rings is 1. The van der Waals surface area contributed by atoms with Crippen LogP contribution in [0.15, 0.2) is 18.3 Å². The van der Waals surface area contributed by atoms with Crippen LogP contribution < -0.4 is 4.90 Å². The van der Waals surface area contributed by atoms with Crippen molar-refractivity contribution in [3.05, 3.63) is 23.9 Å². The zero-order valence-corrected chi connectivity index (χ0v) is 8.56. The fourth-order valence-electron chi connectivity index (χ4n) is 1.62. The number of Topliss-reactive ketones (excluding diaryl/α,β-unsaturated/α-hetero) is 1. The van der Waals surface area contributed by atoms with Crippen LogP contribution in [0.5, 0.6) is 0 Å². The monoisotopic (exact) mass is 204 g/mol. The highest BCUT2D eigenvalue weighted by Gasteiger charge is 2.25. The lowest BCUT2D eigenvalue weighted by Crippen LogP contribution is -2.39. The van der Waals surface area contributed by atoms with E-state index in [0.29, 0.717) is 18.8 Å². The molecule has 1 amide bonds. The standard InChI is InChI=1S/C11H12N2O2/c1-8-2-4-12-10(6-8)13-5-3-9(14)7-11(13)15/h2,4,6H,3,5,7H2,1H3. The van der Waals surface area contributed by atoms with Gasteiger partial charge in [0.05, 0.1) is 6.42 Å². The molecule has 2 heterocycles. The first-order chi connectivity index (χ1) is 7.16. The molecule has 1 fully saturated rings. The first kappa shape index (κ1) is 9.83. The van der Waals surface area contributed by atoms with Gasteiger partial charge in [-0.15, -0.1) is 0 Å². The zero-order chi connectivity index (χ0) is 10.8. The van der Waals surface area contributed by atoms with E-state index in [4.69, 9.17) is 0 Å². The Morgan fingerprint density at radius 2 is 2.20 bits per heavy atom. The highest BCUT2D eigenvalue weighted by Crippen LogP contribution is 2.17. The van der Waals surface area contributed by atoms with Crippen LogP contribution in [0.3, 0.4) is 0 Å². The maximum atomic E-state index is 11.6. The average Bonchev–Trinajstić information content (AvgIpc) is 2.17. The van der Waals surface area contributed by atoms with Crippen LogP contribution in [-0.2, 0) is 9.59 Å². The van der Waals surface area contributed by atoms with Crippen LogP contribution in [0.2, 0.25) is 0 Å². The SMILES string of the molecule is Cc1ccnc(N2CCC(=O)CC2=O)c1. The van der Waals surface area contributed by atoms with Crippen LogP contribution in [0.25, 0.3) is 0 Å². The van der Waals surface area contributed by atoms with Crippen molar-refractivity contribution in [2.24, 2.45) is 0 Å². The molecule has 2 rings (SSSR count). The second-order valence-electron chi connectivity index (χ2n) is 3.70. The predicted molar refractivity (Wildman–Crippen MR) is 55.6 cm³/mol. The number of aryl methyl sites for hydroxylation is 1. The summed E-state index contributed by atoms with van der Waals surface area (Å²) in [4.78, 5) is 28.3. The number of rotatable bonds is 1. The minimum atomic E-state index is -0.149. The van der Waals surface area contributed by atoms with E-state index in [1.54, 1.807) is 11.1 Å². The van der Waals surface area contributed by atoms with Gasteiger partial charge in [-0.1, -0.05) is 0 Å². The Morgan fingerprint density at radius 1 is 1.40 bits per heavy atom. The van der Waals surface area contributed by atoms with Gasteiger partial charge in [0.1, 0.15) is 11.6 Å². The lowest BCUT2D eigenvalue weighted by atomic mass is 10.1. The molecule has 1 saturated heterocycles. The van der Waals surface area contributed by atoms with Gasteiger partial charge in [-0.25, -0.2) is 4.98 Å². The number of nitrogens with zero attached hydrogens (tertiary/aromatic N) is 2. The maximum absolute atomic E-state index is 11.6. The number of piperidine rings is 1. The van der Waals surface area contributed by atoms with E-state index in [0.717, 1.165) is 5.56 Å². The molecule has 0 radical (unpaired) electrons. The van der Waals surface area contributed by atoms with Crippen molar-refractivity contribution in [3.63, 3.8) is 0 Å². The number of ketones is 1. The summed E-state index contributed by atoms with van der Waals surface area (Å²) in [6, 6.07) is 3.73. The van der Waals surface area contributed by atoms with Crippen LogP contribution in [0, 0.1) is 6.92 Å². The molecule has 0 unspecified atom stereocenters. The fraction of sp³-hybridized carbons (Fsp3) is 0.364. The highest BCUT2D eigenvalue weighted by atomic mass is 16.2. The molecule has 0 aromatic carbocycles. The molecule has 0 aliphatic carbocycles. The van der Waals surface area contributed by atoms with Gasteiger partial charge >= 0.3 is 0 Å². The Bertz CT molecular complexity index is 415. The number of aromatic nitrogens is 1. The van der Waals surface area contributed by atoms with Crippen molar-refractivity contribution >= 4 is 17.5 Å². The molecule has 1 aromatic heterocycles. The fourth-order valence-corrected chi connectivity index (χ4v) is 1.62. The van der Waals surface area contributed by atoms with Gasteiger partial charge in [-0.05, 0) is 24.6 Å². The van der Waals surface area contributed by atoms with Crippen molar-refractivity contribution < 1.29 is 9.59 Å². The number of anilines is 1. The molecule has 1 aliphatic heterocycles. The molecule has 4 heteroatoms. The Labute approximate surface area is 87.9 Å². The predicted octanol–water partition coefficient (Wildman–Crippen LogP) is 1.09. The number of hydrogen-bond donors (Lipinski definition) is 0. The minimum absolute atomic E-state index is 0.00955. The Kier molecular flexibility index (Phi) is 2.49. The van der Waals surface area contributed by atoms with Crippen LogP contribution >= 0.6 is 0 Å². The Morgan fingerprint density at radius 3 is 2.87 bits per heavy atom. The molecule has 0 N–H and O–H groups in total. The molecule has 15 heavy (non-hydrogen) atoms. The van der Waals surface area contributed by atoms with E-state index in [1.165, 1.54) is 0 Å². The molecule has 78 valence electrons. The number of carbonyl (C=O) groups excluding carboxylic acids is 2. The molecule has 1 aromatic rings. The first-order valence-corrected chi connectivity index (χ1v) is 4.91. The van der Waals surface area contributed by atoms with Crippen molar-refractivity contribution in [2.75, 3.05) is 11.4 Å². The average molecular weight is 204 g/mol. The summed E-state index contributed by atoms with van der Waals surface area (Å²) in [5.74, 6) is 0.515. The van der Waals surface area contributed by atoms with Crippen molar-refractivity contribution in [1.82, 2.24) is 4.98 Å².